The second-order valence-corrected chi connectivity index (χ2v) is 9.92. The van der Waals surface area contributed by atoms with Gasteiger partial charge in [-0.25, -0.2) is 22.3 Å². The molecule has 0 spiro atoms. The highest BCUT2D eigenvalue weighted by atomic mass is 32.2. The number of amides is 1. The van der Waals surface area contributed by atoms with Crippen LogP contribution in [0.25, 0.3) is 11.1 Å². The Morgan fingerprint density at radius 3 is 2.55 bits per heavy atom. The average molecular weight is 470 g/mol. The van der Waals surface area contributed by atoms with Crippen LogP contribution < -0.4 is 14.8 Å². The van der Waals surface area contributed by atoms with E-state index in [0.29, 0.717) is 29.8 Å². The Morgan fingerprint density at radius 2 is 1.79 bits per heavy atom. The van der Waals surface area contributed by atoms with Crippen LogP contribution in [0, 0.1) is 11.6 Å². The Kier molecular flexibility index (Phi) is 4.98. The Labute approximate surface area is 189 Å². The van der Waals surface area contributed by atoms with Crippen molar-refractivity contribution in [2.24, 2.45) is 5.14 Å². The summed E-state index contributed by atoms with van der Waals surface area (Å²) in [4.78, 5) is 14.9. The van der Waals surface area contributed by atoms with Crippen molar-refractivity contribution in [3.63, 3.8) is 0 Å². The van der Waals surface area contributed by atoms with Gasteiger partial charge in [-0.15, -0.1) is 0 Å². The molecule has 1 amide bonds. The summed E-state index contributed by atoms with van der Waals surface area (Å²) in [6.07, 6.45) is 0.0708. The van der Waals surface area contributed by atoms with Crippen LogP contribution in [0.3, 0.4) is 0 Å². The first kappa shape index (κ1) is 21.5. The molecule has 170 valence electrons. The van der Waals surface area contributed by atoms with E-state index in [4.69, 9.17) is 9.88 Å². The monoisotopic (exact) mass is 470 g/mol. The van der Waals surface area contributed by atoms with Gasteiger partial charge in [0.1, 0.15) is 17.4 Å². The van der Waals surface area contributed by atoms with Gasteiger partial charge in [-0.1, -0.05) is 18.2 Å². The van der Waals surface area contributed by atoms with Crippen LogP contribution in [0.5, 0.6) is 5.75 Å². The maximum absolute atomic E-state index is 14.2. The van der Waals surface area contributed by atoms with E-state index in [1.54, 1.807) is 29.2 Å². The lowest BCUT2D eigenvalue weighted by molar-refractivity contribution is -0.124. The molecule has 0 saturated heterocycles. The summed E-state index contributed by atoms with van der Waals surface area (Å²) in [6.45, 7) is 1.88. The lowest BCUT2D eigenvalue weighted by Crippen LogP contribution is -2.44. The molecule has 3 aromatic rings. The molecule has 2 aliphatic heterocycles. The SMILES string of the molecule is C[C@@H]1Cc2ccc(S(N)(=O)=O)cc2N1C(=O)[C@@H]1Cc2ccc(-c3cc(F)ccc3F)cc2O1. The molecular weight excluding hydrogens is 450 g/mol. The number of nitrogens with two attached hydrogens (primary N) is 1. The Balaban J connectivity index is 1.43. The zero-order valence-electron chi connectivity index (χ0n) is 17.6. The van der Waals surface area contributed by atoms with Crippen LogP contribution in [0.2, 0.25) is 0 Å². The number of halogens is 2. The molecule has 0 saturated carbocycles. The summed E-state index contributed by atoms with van der Waals surface area (Å²) in [5.74, 6) is -0.987. The number of hydrogen-bond acceptors (Lipinski definition) is 4. The maximum Gasteiger partial charge on any atom is 0.268 e. The van der Waals surface area contributed by atoms with E-state index in [1.807, 2.05) is 6.92 Å². The number of hydrogen-bond donors (Lipinski definition) is 1. The number of nitrogens with zero attached hydrogens (tertiary/aromatic N) is 1. The highest BCUT2D eigenvalue weighted by molar-refractivity contribution is 7.89. The number of rotatable bonds is 3. The second-order valence-electron chi connectivity index (χ2n) is 8.35. The van der Waals surface area contributed by atoms with E-state index < -0.39 is 27.8 Å². The number of carbonyl (C=O) groups excluding carboxylic acids is 1. The van der Waals surface area contributed by atoms with Gasteiger partial charge in [-0.2, -0.15) is 0 Å². The number of sulfonamides is 1. The minimum atomic E-state index is -3.92. The fraction of sp³-hybridized carbons (Fsp3) is 0.208. The number of ether oxygens (including phenoxy) is 1. The van der Waals surface area contributed by atoms with Crippen LogP contribution in [0.4, 0.5) is 14.5 Å². The number of fused-ring (bicyclic) bond motifs is 2. The van der Waals surface area contributed by atoms with Crippen molar-refractivity contribution in [3.8, 4) is 16.9 Å². The molecule has 2 heterocycles. The van der Waals surface area contributed by atoms with Crippen LogP contribution >= 0.6 is 0 Å². The molecule has 3 aromatic carbocycles. The number of carbonyl (C=O) groups is 1. The lowest BCUT2D eigenvalue weighted by atomic mass is 10.0. The Bertz CT molecular complexity index is 1410. The number of anilines is 1. The van der Waals surface area contributed by atoms with Crippen molar-refractivity contribution >= 4 is 21.6 Å². The van der Waals surface area contributed by atoms with Gasteiger partial charge in [0, 0.05) is 23.7 Å². The summed E-state index contributed by atoms with van der Waals surface area (Å²) in [6, 6.07) is 12.6. The third-order valence-corrected chi connectivity index (χ3v) is 7.01. The van der Waals surface area contributed by atoms with Gasteiger partial charge in [0.25, 0.3) is 5.91 Å². The third-order valence-electron chi connectivity index (χ3n) is 6.09. The lowest BCUT2D eigenvalue weighted by Gasteiger charge is -2.25. The quantitative estimate of drug-likeness (QED) is 0.634. The van der Waals surface area contributed by atoms with Crippen LogP contribution in [-0.2, 0) is 27.7 Å². The number of primary sulfonamides is 1. The Morgan fingerprint density at radius 1 is 1.03 bits per heavy atom. The van der Waals surface area contributed by atoms with Gasteiger partial charge in [-0.05, 0) is 66.4 Å². The first-order valence-corrected chi connectivity index (χ1v) is 11.9. The fourth-order valence-corrected chi connectivity index (χ4v) is 5.04. The van der Waals surface area contributed by atoms with Crippen molar-refractivity contribution in [1.29, 1.82) is 0 Å². The second kappa shape index (κ2) is 7.64. The molecule has 0 bridgehead atoms. The van der Waals surface area contributed by atoms with Crippen molar-refractivity contribution in [3.05, 3.63) is 77.4 Å². The zero-order chi connectivity index (χ0) is 23.5. The number of benzene rings is 3. The molecular formula is C24H20F2N2O4S. The molecule has 2 aliphatic rings. The molecule has 2 N–H and O–H groups in total. The van der Waals surface area contributed by atoms with Crippen LogP contribution in [0.15, 0.2) is 59.5 Å². The van der Waals surface area contributed by atoms with E-state index in [2.05, 4.69) is 0 Å². The van der Waals surface area contributed by atoms with E-state index in [-0.39, 0.29) is 22.4 Å². The standard InChI is InChI=1S/C24H20F2N2O4S/c1-13-8-15-4-6-18(33(27,30)31)12-21(15)28(13)24(29)23-10-16-3-2-14(9-22(16)32-23)19-11-17(25)5-7-20(19)26/h2-7,9,11-13,23H,8,10H2,1H3,(H2,27,30,31)/t13-,23+/m1/s1. The molecule has 33 heavy (non-hydrogen) atoms. The van der Waals surface area contributed by atoms with Gasteiger partial charge in [0.05, 0.1) is 4.90 Å². The summed E-state index contributed by atoms with van der Waals surface area (Å²) < 4.78 is 57.3. The molecule has 0 fully saturated rings. The third kappa shape index (κ3) is 3.77. The van der Waals surface area contributed by atoms with Crippen molar-refractivity contribution in [1.82, 2.24) is 0 Å². The molecule has 0 aromatic heterocycles. The van der Waals surface area contributed by atoms with Gasteiger partial charge in [0.2, 0.25) is 10.0 Å². The molecule has 2 atom stereocenters. The summed E-state index contributed by atoms with van der Waals surface area (Å²) in [7, 11) is -3.92. The van der Waals surface area contributed by atoms with Crippen LogP contribution in [-0.4, -0.2) is 26.5 Å². The van der Waals surface area contributed by atoms with Gasteiger partial charge in [-0.3, -0.25) is 4.79 Å². The molecule has 9 heteroatoms. The predicted octanol–water partition coefficient (Wildman–Crippen LogP) is 3.56. The van der Waals surface area contributed by atoms with E-state index >= 15 is 0 Å². The van der Waals surface area contributed by atoms with Gasteiger partial charge in [0.15, 0.2) is 6.10 Å². The predicted molar refractivity (Wildman–Crippen MR) is 118 cm³/mol. The summed E-state index contributed by atoms with van der Waals surface area (Å²) in [5.41, 5.74) is 2.67. The van der Waals surface area contributed by atoms with E-state index in [9.17, 15) is 22.0 Å². The smallest absolute Gasteiger partial charge is 0.268 e. The summed E-state index contributed by atoms with van der Waals surface area (Å²) >= 11 is 0. The summed E-state index contributed by atoms with van der Waals surface area (Å²) in [5, 5.41) is 5.26. The van der Waals surface area contributed by atoms with E-state index in [1.165, 1.54) is 12.1 Å². The molecule has 0 unspecified atom stereocenters. The average Bonchev–Trinajstić information content (AvgIpc) is 3.33. The molecule has 0 aliphatic carbocycles. The van der Waals surface area contributed by atoms with E-state index in [0.717, 1.165) is 29.3 Å². The minimum absolute atomic E-state index is 0.0643. The highest BCUT2D eigenvalue weighted by Gasteiger charge is 2.39. The highest BCUT2D eigenvalue weighted by Crippen LogP contribution is 2.38. The first-order valence-electron chi connectivity index (χ1n) is 10.4. The molecule has 6 nitrogen and oxygen atoms in total. The maximum atomic E-state index is 14.2. The topological polar surface area (TPSA) is 89.7 Å². The molecule has 5 rings (SSSR count). The van der Waals surface area contributed by atoms with Crippen molar-refractivity contribution in [2.75, 3.05) is 4.90 Å². The van der Waals surface area contributed by atoms with Gasteiger partial charge < -0.3 is 9.64 Å². The Hall–Kier alpha value is -3.30. The van der Waals surface area contributed by atoms with Crippen LogP contribution in [0.1, 0.15) is 18.1 Å². The molecule has 0 radical (unpaired) electrons. The van der Waals surface area contributed by atoms with Gasteiger partial charge >= 0.3 is 0 Å². The zero-order valence-corrected chi connectivity index (χ0v) is 18.4. The normalized spacial score (nSPS) is 19.2. The largest absolute Gasteiger partial charge is 0.480 e. The first-order chi connectivity index (χ1) is 15.6. The minimum Gasteiger partial charge on any atom is -0.480 e. The fourth-order valence-electron chi connectivity index (χ4n) is 4.51. The van der Waals surface area contributed by atoms with Crippen molar-refractivity contribution < 1.29 is 26.7 Å². The van der Waals surface area contributed by atoms with Crippen molar-refractivity contribution in [2.45, 2.75) is 36.8 Å².